The summed E-state index contributed by atoms with van der Waals surface area (Å²) in [6, 6.07) is 1.71. The van der Waals surface area contributed by atoms with Gasteiger partial charge in [-0.25, -0.2) is 4.79 Å². The van der Waals surface area contributed by atoms with Gasteiger partial charge >= 0.3 is 5.97 Å². The standard InChI is InChI=1S/C9H14N2O2S/c1-6-7(5-11-3-2-10)4-8(14-6)9(12)13/h4,11H,2-3,5,10H2,1H3,(H,12,13). The van der Waals surface area contributed by atoms with Gasteiger partial charge in [-0.15, -0.1) is 11.3 Å². The molecule has 5 heteroatoms. The van der Waals surface area contributed by atoms with Gasteiger partial charge in [0.05, 0.1) is 0 Å². The minimum atomic E-state index is -0.858. The maximum absolute atomic E-state index is 10.7. The molecule has 78 valence electrons. The monoisotopic (exact) mass is 214 g/mol. The van der Waals surface area contributed by atoms with E-state index in [-0.39, 0.29) is 0 Å². The van der Waals surface area contributed by atoms with Crippen molar-refractivity contribution in [2.24, 2.45) is 5.73 Å². The number of carboxylic acid groups (broad SMARTS) is 1. The van der Waals surface area contributed by atoms with Crippen molar-refractivity contribution in [3.8, 4) is 0 Å². The van der Waals surface area contributed by atoms with Gasteiger partial charge < -0.3 is 16.2 Å². The maximum atomic E-state index is 10.7. The van der Waals surface area contributed by atoms with Crippen LogP contribution in [0.5, 0.6) is 0 Å². The Morgan fingerprint density at radius 3 is 2.93 bits per heavy atom. The lowest BCUT2D eigenvalue weighted by atomic mass is 10.2. The van der Waals surface area contributed by atoms with Crippen molar-refractivity contribution in [1.29, 1.82) is 0 Å². The van der Waals surface area contributed by atoms with Crippen LogP contribution in [0.2, 0.25) is 0 Å². The molecular formula is C9H14N2O2S. The fourth-order valence-corrected chi connectivity index (χ4v) is 2.01. The summed E-state index contributed by atoms with van der Waals surface area (Å²) >= 11 is 1.31. The van der Waals surface area contributed by atoms with E-state index in [9.17, 15) is 4.79 Å². The fraction of sp³-hybridized carbons (Fsp3) is 0.444. The molecule has 0 aliphatic heterocycles. The average Bonchev–Trinajstić information content (AvgIpc) is 2.49. The Labute approximate surface area is 86.7 Å². The molecule has 0 amide bonds. The third kappa shape index (κ3) is 2.80. The lowest BCUT2D eigenvalue weighted by molar-refractivity contribution is 0.0702. The molecule has 0 radical (unpaired) electrons. The van der Waals surface area contributed by atoms with Crippen LogP contribution in [0, 0.1) is 6.92 Å². The summed E-state index contributed by atoms with van der Waals surface area (Å²) < 4.78 is 0. The van der Waals surface area contributed by atoms with E-state index in [2.05, 4.69) is 5.32 Å². The molecule has 0 saturated carbocycles. The Kier molecular flexibility index (Phi) is 4.06. The van der Waals surface area contributed by atoms with Gasteiger partial charge in [-0.3, -0.25) is 0 Å². The zero-order chi connectivity index (χ0) is 10.6. The number of carbonyl (C=O) groups is 1. The minimum absolute atomic E-state index is 0.395. The van der Waals surface area contributed by atoms with Crippen molar-refractivity contribution in [2.75, 3.05) is 13.1 Å². The topological polar surface area (TPSA) is 75.3 Å². The highest BCUT2D eigenvalue weighted by Crippen LogP contribution is 2.21. The summed E-state index contributed by atoms with van der Waals surface area (Å²) in [5.74, 6) is -0.858. The molecule has 0 saturated heterocycles. The second kappa shape index (κ2) is 5.09. The van der Waals surface area contributed by atoms with E-state index in [4.69, 9.17) is 10.8 Å². The Bertz CT molecular complexity index is 323. The third-order valence-corrected chi connectivity index (χ3v) is 2.95. The number of nitrogens with one attached hydrogen (secondary N) is 1. The summed E-state index contributed by atoms with van der Waals surface area (Å²) in [4.78, 5) is 12.1. The van der Waals surface area contributed by atoms with Crippen molar-refractivity contribution in [3.05, 3.63) is 21.4 Å². The predicted octanol–water partition coefficient (Wildman–Crippen LogP) is 0.803. The Balaban J connectivity index is 2.63. The quantitative estimate of drug-likeness (QED) is 0.634. The van der Waals surface area contributed by atoms with Gasteiger partial charge in [-0.1, -0.05) is 0 Å². The van der Waals surface area contributed by atoms with Gasteiger partial charge in [0.1, 0.15) is 4.88 Å². The lowest BCUT2D eigenvalue weighted by Gasteiger charge is -2.00. The van der Waals surface area contributed by atoms with Gasteiger partial charge in [0, 0.05) is 24.5 Å². The number of hydrogen-bond acceptors (Lipinski definition) is 4. The zero-order valence-electron chi connectivity index (χ0n) is 8.04. The van der Waals surface area contributed by atoms with Crippen molar-refractivity contribution < 1.29 is 9.90 Å². The van der Waals surface area contributed by atoms with Gasteiger partial charge in [-0.2, -0.15) is 0 Å². The molecule has 0 spiro atoms. The average molecular weight is 214 g/mol. The highest BCUT2D eigenvalue weighted by molar-refractivity contribution is 7.14. The van der Waals surface area contributed by atoms with Crippen LogP contribution < -0.4 is 11.1 Å². The molecule has 0 atom stereocenters. The second-order valence-electron chi connectivity index (χ2n) is 2.96. The van der Waals surface area contributed by atoms with Crippen molar-refractivity contribution in [3.63, 3.8) is 0 Å². The SMILES string of the molecule is Cc1sc(C(=O)O)cc1CNCCN. The number of aromatic carboxylic acids is 1. The van der Waals surface area contributed by atoms with Gasteiger partial charge in [0.2, 0.25) is 0 Å². The van der Waals surface area contributed by atoms with E-state index in [0.29, 0.717) is 18.0 Å². The van der Waals surface area contributed by atoms with Crippen LogP contribution in [0.1, 0.15) is 20.1 Å². The Morgan fingerprint density at radius 2 is 2.43 bits per heavy atom. The molecule has 1 rings (SSSR count). The molecule has 0 aliphatic carbocycles. The van der Waals surface area contributed by atoms with Gasteiger partial charge in [-0.05, 0) is 18.6 Å². The first-order valence-electron chi connectivity index (χ1n) is 4.38. The Morgan fingerprint density at radius 1 is 1.71 bits per heavy atom. The second-order valence-corrected chi connectivity index (χ2v) is 4.22. The van der Waals surface area contributed by atoms with E-state index < -0.39 is 5.97 Å². The van der Waals surface area contributed by atoms with E-state index in [1.54, 1.807) is 6.07 Å². The summed E-state index contributed by atoms with van der Waals surface area (Å²) in [5.41, 5.74) is 6.37. The highest BCUT2D eigenvalue weighted by Gasteiger charge is 2.09. The highest BCUT2D eigenvalue weighted by atomic mass is 32.1. The molecule has 1 aromatic rings. The van der Waals surface area contributed by atoms with Crippen LogP contribution in [0.15, 0.2) is 6.07 Å². The van der Waals surface area contributed by atoms with Crippen LogP contribution in [0.4, 0.5) is 0 Å². The molecule has 0 aliphatic rings. The maximum Gasteiger partial charge on any atom is 0.345 e. The van der Waals surface area contributed by atoms with Crippen LogP contribution in [0.3, 0.4) is 0 Å². The summed E-state index contributed by atoms with van der Waals surface area (Å²) in [6.45, 7) is 3.95. The number of hydrogen-bond donors (Lipinski definition) is 3. The predicted molar refractivity (Wildman–Crippen MR) is 56.8 cm³/mol. The van der Waals surface area contributed by atoms with E-state index in [1.165, 1.54) is 11.3 Å². The van der Waals surface area contributed by atoms with Crippen molar-refractivity contribution in [2.45, 2.75) is 13.5 Å². The molecule has 0 unspecified atom stereocenters. The molecule has 4 N–H and O–H groups in total. The van der Waals surface area contributed by atoms with Gasteiger partial charge in [0.25, 0.3) is 0 Å². The van der Waals surface area contributed by atoms with E-state index in [1.807, 2.05) is 6.92 Å². The van der Waals surface area contributed by atoms with Crippen LogP contribution in [-0.4, -0.2) is 24.2 Å². The number of aryl methyl sites for hydroxylation is 1. The molecule has 0 fully saturated rings. The van der Waals surface area contributed by atoms with Crippen molar-refractivity contribution >= 4 is 17.3 Å². The van der Waals surface area contributed by atoms with Crippen LogP contribution in [0.25, 0.3) is 0 Å². The number of rotatable bonds is 5. The minimum Gasteiger partial charge on any atom is -0.477 e. The molecular weight excluding hydrogens is 200 g/mol. The smallest absolute Gasteiger partial charge is 0.345 e. The van der Waals surface area contributed by atoms with Crippen molar-refractivity contribution in [1.82, 2.24) is 5.32 Å². The number of thiophene rings is 1. The lowest BCUT2D eigenvalue weighted by Crippen LogP contribution is -2.21. The Hall–Kier alpha value is -0.910. The van der Waals surface area contributed by atoms with E-state index in [0.717, 1.165) is 17.0 Å². The van der Waals surface area contributed by atoms with E-state index >= 15 is 0 Å². The number of carboxylic acids is 1. The molecule has 1 heterocycles. The third-order valence-electron chi connectivity index (χ3n) is 1.87. The first-order valence-corrected chi connectivity index (χ1v) is 5.20. The summed E-state index contributed by atoms with van der Waals surface area (Å²) in [7, 11) is 0. The molecule has 4 nitrogen and oxygen atoms in total. The summed E-state index contributed by atoms with van der Waals surface area (Å²) in [6.07, 6.45) is 0. The zero-order valence-corrected chi connectivity index (χ0v) is 8.86. The first-order chi connectivity index (χ1) is 6.65. The fourth-order valence-electron chi connectivity index (χ4n) is 1.13. The molecule has 0 aromatic carbocycles. The largest absolute Gasteiger partial charge is 0.477 e. The van der Waals surface area contributed by atoms with Gasteiger partial charge in [0.15, 0.2) is 0 Å². The normalized spacial score (nSPS) is 10.4. The molecule has 0 bridgehead atoms. The summed E-state index contributed by atoms with van der Waals surface area (Å²) in [5, 5.41) is 11.9. The van der Waals surface area contributed by atoms with Crippen LogP contribution >= 0.6 is 11.3 Å². The molecule has 14 heavy (non-hydrogen) atoms. The first kappa shape index (κ1) is 11.2. The number of nitrogens with two attached hydrogens (primary N) is 1. The van der Waals surface area contributed by atoms with Crippen LogP contribution in [-0.2, 0) is 6.54 Å². The molecule has 1 aromatic heterocycles.